The molecule has 2 aromatic rings. The van der Waals surface area contributed by atoms with Gasteiger partial charge in [-0.1, -0.05) is 49.4 Å². The Hall–Kier alpha value is -1.86. The summed E-state index contributed by atoms with van der Waals surface area (Å²) in [4.78, 5) is -0.757. The Balaban J connectivity index is 2.21. The van der Waals surface area contributed by atoms with Gasteiger partial charge in [0.25, 0.3) is 0 Å². The minimum atomic E-state index is -4.73. The van der Waals surface area contributed by atoms with Crippen molar-refractivity contribution in [2.45, 2.75) is 23.9 Å². The molecule has 0 amide bonds. The SMILES string of the molecule is CC(CNS(=O)(=O)c1ccccc1C(F)(F)F)c1ccccc1. The Morgan fingerprint density at radius 1 is 1.00 bits per heavy atom. The summed E-state index contributed by atoms with van der Waals surface area (Å²) in [6, 6.07) is 13.3. The van der Waals surface area contributed by atoms with E-state index in [0.29, 0.717) is 0 Å². The molecule has 0 saturated carbocycles. The quantitative estimate of drug-likeness (QED) is 0.898. The lowest BCUT2D eigenvalue weighted by Gasteiger charge is -2.16. The molecule has 124 valence electrons. The van der Waals surface area contributed by atoms with E-state index in [9.17, 15) is 21.6 Å². The molecule has 0 aromatic heterocycles. The topological polar surface area (TPSA) is 46.2 Å². The van der Waals surface area contributed by atoms with Crippen LogP contribution in [0.2, 0.25) is 0 Å². The van der Waals surface area contributed by atoms with Crippen LogP contribution in [0.15, 0.2) is 59.5 Å². The third-order valence-corrected chi connectivity index (χ3v) is 4.91. The smallest absolute Gasteiger partial charge is 0.211 e. The lowest BCUT2D eigenvalue weighted by molar-refractivity contribution is -0.139. The Labute approximate surface area is 133 Å². The van der Waals surface area contributed by atoms with Gasteiger partial charge in [0, 0.05) is 6.54 Å². The maximum absolute atomic E-state index is 13.0. The maximum atomic E-state index is 13.0. The lowest BCUT2D eigenvalue weighted by atomic mass is 10.0. The fourth-order valence-electron chi connectivity index (χ4n) is 2.15. The largest absolute Gasteiger partial charge is 0.417 e. The summed E-state index contributed by atoms with van der Waals surface area (Å²) in [7, 11) is -4.25. The molecule has 0 aliphatic carbocycles. The first kappa shape index (κ1) is 17.5. The first-order valence-electron chi connectivity index (χ1n) is 6.92. The van der Waals surface area contributed by atoms with Crippen LogP contribution in [-0.2, 0) is 16.2 Å². The fourth-order valence-corrected chi connectivity index (χ4v) is 3.50. The predicted octanol–water partition coefficient (Wildman–Crippen LogP) is 3.79. The van der Waals surface area contributed by atoms with E-state index >= 15 is 0 Å². The van der Waals surface area contributed by atoms with Crippen molar-refractivity contribution in [3.63, 3.8) is 0 Å². The van der Waals surface area contributed by atoms with Gasteiger partial charge in [0.2, 0.25) is 10.0 Å². The Morgan fingerprint density at radius 3 is 2.17 bits per heavy atom. The zero-order valence-electron chi connectivity index (χ0n) is 12.3. The molecule has 1 unspecified atom stereocenters. The molecule has 7 heteroatoms. The van der Waals surface area contributed by atoms with Crippen molar-refractivity contribution in [2.75, 3.05) is 6.54 Å². The van der Waals surface area contributed by atoms with E-state index in [1.54, 1.807) is 6.92 Å². The zero-order chi connectivity index (χ0) is 17.1. The van der Waals surface area contributed by atoms with E-state index in [0.717, 1.165) is 23.8 Å². The van der Waals surface area contributed by atoms with E-state index in [1.807, 2.05) is 30.3 Å². The van der Waals surface area contributed by atoms with Crippen LogP contribution in [0.3, 0.4) is 0 Å². The van der Waals surface area contributed by atoms with E-state index in [-0.39, 0.29) is 12.5 Å². The normalized spacial score (nSPS) is 13.7. The van der Waals surface area contributed by atoms with Crippen LogP contribution in [0.4, 0.5) is 13.2 Å². The van der Waals surface area contributed by atoms with E-state index in [1.165, 1.54) is 6.07 Å². The molecular formula is C16H16F3NO2S. The molecule has 0 radical (unpaired) electrons. The van der Waals surface area contributed by atoms with Crippen LogP contribution >= 0.6 is 0 Å². The van der Waals surface area contributed by atoms with Crippen LogP contribution in [0.1, 0.15) is 24.0 Å². The number of nitrogens with one attached hydrogen (secondary N) is 1. The van der Waals surface area contributed by atoms with Crippen LogP contribution < -0.4 is 4.72 Å². The number of benzene rings is 2. The molecule has 0 aliphatic heterocycles. The zero-order valence-corrected chi connectivity index (χ0v) is 13.2. The van der Waals surface area contributed by atoms with Gasteiger partial charge in [-0.3, -0.25) is 0 Å². The third kappa shape index (κ3) is 4.33. The second kappa shape index (κ2) is 6.72. The van der Waals surface area contributed by atoms with Gasteiger partial charge in [0.15, 0.2) is 0 Å². The first-order valence-corrected chi connectivity index (χ1v) is 8.41. The molecule has 1 N–H and O–H groups in total. The molecule has 2 rings (SSSR count). The summed E-state index contributed by atoms with van der Waals surface area (Å²) < 4.78 is 65.6. The Bertz CT molecular complexity index is 758. The minimum absolute atomic E-state index is 0.0124. The molecule has 0 spiro atoms. The molecule has 1 atom stereocenters. The standard InChI is InChI=1S/C16H16F3NO2S/c1-12(13-7-3-2-4-8-13)11-20-23(21,22)15-10-6-5-9-14(15)16(17,18)19/h2-10,12,20H,11H2,1H3. The molecule has 3 nitrogen and oxygen atoms in total. The molecule has 0 aliphatic rings. The van der Waals surface area contributed by atoms with Crippen molar-refractivity contribution in [3.8, 4) is 0 Å². The second-order valence-electron chi connectivity index (χ2n) is 5.16. The van der Waals surface area contributed by atoms with E-state index in [2.05, 4.69) is 4.72 Å². The van der Waals surface area contributed by atoms with Gasteiger partial charge in [-0.15, -0.1) is 0 Å². The number of halogens is 3. The lowest BCUT2D eigenvalue weighted by Crippen LogP contribution is -2.29. The Morgan fingerprint density at radius 2 is 1.57 bits per heavy atom. The maximum Gasteiger partial charge on any atom is 0.417 e. The number of sulfonamides is 1. The highest BCUT2D eigenvalue weighted by molar-refractivity contribution is 7.89. The number of hydrogen-bond donors (Lipinski definition) is 1. The predicted molar refractivity (Wildman–Crippen MR) is 81.5 cm³/mol. The highest BCUT2D eigenvalue weighted by Gasteiger charge is 2.36. The van der Waals surface area contributed by atoms with Crippen molar-refractivity contribution >= 4 is 10.0 Å². The molecule has 0 heterocycles. The molecule has 0 fully saturated rings. The number of alkyl halides is 3. The number of rotatable bonds is 5. The molecular weight excluding hydrogens is 327 g/mol. The van der Waals surface area contributed by atoms with Crippen molar-refractivity contribution in [2.24, 2.45) is 0 Å². The highest BCUT2D eigenvalue weighted by Crippen LogP contribution is 2.33. The molecule has 0 bridgehead atoms. The van der Waals surface area contributed by atoms with Gasteiger partial charge in [-0.25, -0.2) is 13.1 Å². The third-order valence-electron chi connectivity index (χ3n) is 3.43. The molecule has 23 heavy (non-hydrogen) atoms. The van der Waals surface area contributed by atoms with Crippen LogP contribution in [0.5, 0.6) is 0 Å². The van der Waals surface area contributed by atoms with Crippen molar-refractivity contribution < 1.29 is 21.6 Å². The average molecular weight is 343 g/mol. The highest BCUT2D eigenvalue weighted by atomic mass is 32.2. The van der Waals surface area contributed by atoms with Crippen molar-refractivity contribution in [1.82, 2.24) is 4.72 Å². The summed E-state index contributed by atoms with van der Waals surface area (Å²) in [5.74, 6) is -0.163. The minimum Gasteiger partial charge on any atom is -0.211 e. The summed E-state index contributed by atoms with van der Waals surface area (Å²) in [5, 5.41) is 0. The van der Waals surface area contributed by atoms with E-state index in [4.69, 9.17) is 0 Å². The number of hydrogen-bond acceptors (Lipinski definition) is 2. The van der Waals surface area contributed by atoms with Gasteiger partial charge in [0.1, 0.15) is 0 Å². The van der Waals surface area contributed by atoms with Crippen LogP contribution in [-0.4, -0.2) is 15.0 Å². The van der Waals surface area contributed by atoms with Crippen molar-refractivity contribution in [1.29, 1.82) is 0 Å². The van der Waals surface area contributed by atoms with Gasteiger partial charge in [-0.05, 0) is 23.6 Å². The van der Waals surface area contributed by atoms with E-state index < -0.39 is 26.7 Å². The van der Waals surface area contributed by atoms with Crippen LogP contribution in [0.25, 0.3) is 0 Å². The van der Waals surface area contributed by atoms with Gasteiger partial charge in [0.05, 0.1) is 10.5 Å². The van der Waals surface area contributed by atoms with Gasteiger partial charge >= 0.3 is 6.18 Å². The van der Waals surface area contributed by atoms with Gasteiger partial charge < -0.3 is 0 Å². The summed E-state index contributed by atoms with van der Waals surface area (Å²) in [5.41, 5.74) is -0.265. The fraction of sp³-hybridized carbons (Fsp3) is 0.250. The summed E-state index contributed by atoms with van der Waals surface area (Å²) in [6.07, 6.45) is -4.73. The average Bonchev–Trinajstić information content (AvgIpc) is 2.53. The van der Waals surface area contributed by atoms with Crippen molar-refractivity contribution in [3.05, 3.63) is 65.7 Å². The monoisotopic (exact) mass is 343 g/mol. The Kier molecular flexibility index (Phi) is 5.11. The molecule has 2 aromatic carbocycles. The summed E-state index contributed by atoms with van der Waals surface area (Å²) in [6.45, 7) is 1.81. The second-order valence-corrected chi connectivity index (χ2v) is 6.89. The first-order chi connectivity index (χ1) is 10.7. The molecule has 0 saturated heterocycles. The van der Waals surface area contributed by atoms with Gasteiger partial charge in [-0.2, -0.15) is 13.2 Å². The van der Waals surface area contributed by atoms with Crippen LogP contribution in [0, 0.1) is 0 Å². The summed E-state index contributed by atoms with van der Waals surface area (Å²) >= 11 is 0.